The van der Waals surface area contributed by atoms with Crippen molar-refractivity contribution >= 4 is 16.9 Å². The molecule has 0 atom stereocenters. The highest BCUT2D eigenvalue weighted by atomic mass is 16.6. The van der Waals surface area contributed by atoms with E-state index in [1.807, 2.05) is 13.0 Å². The van der Waals surface area contributed by atoms with Crippen LogP contribution < -0.4 is 15.1 Å². The van der Waals surface area contributed by atoms with E-state index in [0.717, 1.165) is 18.4 Å². The first kappa shape index (κ1) is 22.9. The summed E-state index contributed by atoms with van der Waals surface area (Å²) in [5.41, 5.74) is 1.96. The number of carbonyl (C=O) groups is 1. The van der Waals surface area contributed by atoms with E-state index in [1.54, 1.807) is 36.4 Å². The van der Waals surface area contributed by atoms with Crippen molar-refractivity contribution in [1.29, 1.82) is 0 Å². The van der Waals surface area contributed by atoms with Crippen molar-refractivity contribution in [1.82, 2.24) is 0 Å². The average molecular weight is 434 g/mol. The Kier molecular flexibility index (Phi) is 7.49. The number of rotatable bonds is 8. The highest BCUT2D eigenvalue weighted by molar-refractivity contribution is 5.93. The van der Waals surface area contributed by atoms with Crippen LogP contribution in [-0.2, 0) is 0 Å². The van der Waals surface area contributed by atoms with Crippen molar-refractivity contribution < 1.29 is 23.8 Å². The molecule has 0 spiro atoms. The van der Waals surface area contributed by atoms with Crippen molar-refractivity contribution in [3.8, 4) is 17.2 Å². The van der Waals surface area contributed by atoms with Gasteiger partial charge in [0.15, 0.2) is 5.75 Å². The Morgan fingerprint density at radius 3 is 2.50 bits per heavy atom. The maximum Gasteiger partial charge on any atom is 0.383 e. The molecule has 0 amide bonds. The molecule has 0 aliphatic carbocycles. The second-order valence-electron chi connectivity index (χ2n) is 7.67. The van der Waals surface area contributed by atoms with E-state index in [1.165, 1.54) is 17.7 Å². The summed E-state index contributed by atoms with van der Waals surface area (Å²) in [6, 6.07) is 12.6. The second kappa shape index (κ2) is 10.5. The van der Waals surface area contributed by atoms with Gasteiger partial charge in [-0.1, -0.05) is 35.4 Å². The monoisotopic (exact) mass is 434 g/mol. The SMILES string of the molecule is CC(C)=CCC/C(C)=C/COc1c(OC(=O)c2ccccc2)c(=O)oc2cc(O)ccc12. The first-order valence-corrected chi connectivity index (χ1v) is 10.3. The summed E-state index contributed by atoms with van der Waals surface area (Å²) in [6.07, 6.45) is 5.90. The highest BCUT2D eigenvalue weighted by Gasteiger charge is 2.21. The van der Waals surface area contributed by atoms with E-state index in [4.69, 9.17) is 13.9 Å². The molecule has 0 aliphatic rings. The molecule has 6 heteroatoms. The van der Waals surface area contributed by atoms with E-state index in [-0.39, 0.29) is 29.4 Å². The number of ether oxygens (including phenoxy) is 2. The predicted molar refractivity (Wildman–Crippen MR) is 123 cm³/mol. The number of carbonyl (C=O) groups excluding carboxylic acids is 1. The lowest BCUT2D eigenvalue weighted by Gasteiger charge is -2.12. The molecule has 0 saturated heterocycles. The molecule has 0 aliphatic heterocycles. The van der Waals surface area contributed by atoms with Crippen molar-refractivity contribution in [3.05, 3.63) is 87.8 Å². The normalized spacial score (nSPS) is 11.3. The van der Waals surface area contributed by atoms with E-state index >= 15 is 0 Å². The number of esters is 1. The lowest BCUT2D eigenvalue weighted by molar-refractivity contribution is 0.0722. The minimum atomic E-state index is -0.869. The Morgan fingerprint density at radius 2 is 1.78 bits per heavy atom. The van der Waals surface area contributed by atoms with Gasteiger partial charge in [-0.3, -0.25) is 0 Å². The van der Waals surface area contributed by atoms with E-state index in [0.29, 0.717) is 10.9 Å². The standard InChI is InChI=1S/C26H26O6/c1-17(2)8-7-9-18(3)14-15-30-23-21-13-12-20(27)16-22(21)31-26(29)24(23)32-25(28)19-10-5-4-6-11-19/h4-6,8,10-14,16,27H,7,9,15H2,1-3H3/b18-14+. The Hall–Kier alpha value is -3.80. The van der Waals surface area contributed by atoms with Gasteiger partial charge in [0.25, 0.3) is 5.75 Å². The number of fused-ring (bicyclic) bond motifs is 1. The quantitative estimate of drug-likeness (QED) is 0.274. The molecule has 1 N–H and O–H groups in total. The molecular formula is C26H26O6. The number of hydrogen-bond acceptors (Lipinski definition) is 6. The Bertz CT molecular complexity index is 1210. The molecule has 0 radical (unpaired) electrons. The van der Waals surface area contributed by atoms with Crippen LogP contribution in [0.4, 0.5) is 0 Å². The van der Waals surface area contributed by atoms with Crippen molar-refractivity contribution in [2.45, 2.75) is 33.6 Å². The highest BCUT2D eigenvalue weighted by Crippen LogP contribution is 2.35. The Balaban J connectivity index is 1.91. The minimum absolute atomic E-state index is 0.0596. The zero-order valence-electron chi connectivity index (χ0n) is 18.4. The first-order chi connectivity index (χ1) is 15.3. The molecule has 3 rings (SSSR count). The van der Waals surface area contributed by atoms with Gasteiger partial charge in [0.2, 0.25) is 0 Å². The van der Waals surface area contributed by atoms with Crippen molar-refractivity contribution in [3.63, 3.8) is 0 Å². The fourth-order valence-electron chi connectivity index (χ4n) is 3.06. The maximum absolute atomic E-state index is 12.6. The predicted octanol–water partition coefficient (Wildman–Crippen LogP) is 5.79. The largest absolute Gasteiger partial charge is 0.508 e. The molecule has 1 heterocycles. The number of hydrogen-bond donors (Lipinski definition) is 1. The van der Waals surface area contributed by atoms with Gasteiger partial charge < -0.3 is 19.0 Å². The molecule has 32 heavy (non-hydrogen) atoms. The van der Waals surface area contributed by atoms with Gasteiger partial charge in [-0.2, -0.15) is 0 Å². The number of phenols is 1. The summed E-state index contributed by atoms with van der Waals surface area (Å²) in [5, 5.41) is 10.2. The summed E-state index contributed by atoms with van der Waals surface area (Å²) < 4.78 is 16.5. The number of allylic oxidation sites excluding steroid dienone is 3. The number of aromatic hydroxyl groups is 1. The fraction of sp³-hybridized carbons (Fsp3) is 0.231. The molecule has 0 fully saturated rings. The van der Waals surface area contributed by atoms with E-state index in [9.17, 15) is 14.7 Å². The molecule has 0 bridgehead atoms. The van der Waals surface area contributed by atoms with E-state index < -0.39 is 11.6 Å². The van der Waals surface area contributed by atoms with Crippen LogP contribution in [0.2, 0.25) is 0 Å². The second-order valence-corrected chi connectivity index (χ2v) is 7.67. The topological polar surface area (TPSA) is 86.0 Å². The van der Waals surface area contributed by atoms with Gasteiger partial charge in [0.1, 0.15) is 17.9 Å². The molecule has 166 valence electrons. The van der Waals surface area contributed by atoms with Crippen molar-refractivity contribution in [2.24, 2.45) is 0 Å². The first-order valence-electron chi connectivity index (χ1n) is 10.3. The third kappa shape index (κ3) is 5.88. The van der Waals surface area contributed by atoms with Crippen LogP contribution in [0, 0.1) is 0 Å². The van der Waals surface area contributed by atoms with Gasteiger partial charge in [0.05, 0.1) is 10.9 Å². The van der Waals surface area contributed by atoms with Crippen LogP contribution in [-0.4, -0.2) is 17.7 Å². The van der Waals surface area contributed by atoms with Crippen LogP contribution in [0.15, 0.2) is 81.0 Å². The van der Waals surface area contributed by atoms with Crippen LogP contribution in [0.3, 0.4) is 0 Å². The molecule has 6 nitrogen and oxygen atoms in total. The number of benzene rings is 2. The third-order valence-corrected chi connectivity index (χ3v) is 4.76. The summed E-state index contributed by atoms with van der Waals surface area (Å²) in [7, 11) is 0. The molecule has 0 unspecified atom stereocenters. The van der Waals surface area contributed by atoms with Crippen molar-refractivity contribution in [2.75, 3.05) is 6.61 Å². The fourth-order valence-corrected chi connectivity index (χ4v) is 3.06. The lowest BCUT2D eigenvalue weighted by Crippen LogP contribution is -2.16. The van der Waals surface area contributed by atoms with Gasteiger partial charge in [-0.05, 0) is 64.0 Å². The summed E-state index contributed by atoms with van der Waals surface area (Å²) in [5.74, 6) is -0.994. The maximum atomic E-state index is 12.6. The van der Waals surface area contributed by atoms with Gasteiger partial charge in [-0.15, -0.1) is 0 Å². The van der Waals surface area contributed by atoms with E-state index in [2.05, 4.69) is 19.9 Å². The molecule has 0 saturated carbocycles. The third-order valence-electron chi connectivity index (χ3n) is 4.76. The van der Waals surface area contributed by atoms with Gasteiger partial charge in [-0.25, -0.2) is 9.59 Å². The minimum Gasteiger partial charge on any atom is -0.508 e. The Labute approximate surface area is 186 Å². The average Bonchev–Trinajstić information content (AvgIpc) is 2.75. The Morgan fingerprint density at radius 1 is 1.03 bits per heavy atom. The zero-order valence-corrected chi connectivity index (χ0v) is 18.4. The summed E-state index contributed by atoms with van der Waals surface area (Å²) in [4.78, 5) is 25.2. The molecule has 1 aromatic heterocycles. The lowest BCUT2D eigenvalue weighted by atomic mass is 10.1. The molecule has 3 aromatic rings. The van der Waals surface area contributed by atoms with Crippen LogP contribution in [0.5, 0.6) is 17.2 Å². The molecular weight excluding hydrogens is 408 g/mol. The van der Waals surface area contributed by atoms with Crippen LogP contribution in [0.1, 0.15) is 44.0 Å². The molecule has 2 aromatic carbocycles. The van der Waals surface area contributed by atoms with Gasteiger partial charge in [0, 0.05) is 6.07 Å². The zero-order chi connectivity index (χ0) is 23.1. The van der Waals surface area contributed by atoms with Crippen LogP contribution >= 0.6 is 0 Å². The van der Waals surface area contributed by atoms with Crippen LogP contribution in [0.25, 0.3) is 11.0 Å². The summed E-state index contributed by atoms with van der Waals surface area (Å²) >= 11 is 0. The summed E-state index contributed by atoms with van der Waals surface area (Å²) in [6.45, 7) is 6.30. The number of phenolic OH excluding ortho intramolecular Hbond substituents is 1. The smallest absolute Gasteiger partial charge is 0.383 e. The van der Waals surface area contributed by atoms with Gasteiger partial charge >= 0.3 is 11.6 Å².